The fraction of sp³-hybridized carbons (Fsp3) is 0.412. The van der Waals surface area contributed by atoms with Gasteiger partial charge in [-0.2, -0.15) is 0 Å². The Balaban J connectivity index is 1.57. The van der Waals surface area contributed by atoms with Crippen LogP contribution in [-0.4, -0.2) is 13.1 Å². The van der Waals surface area contributed by atoms with Gasteiger partial charge in [0.2, 0.25) is 0 Å². The lowest BCUT2D eigenvalue weighted by molar-refractivity contribution is 0.438. The van der Waals surface area contributed by atoms with Crippen LogP contribution in [-0.2, 0) is 6.54 Å². The average molecular weight is 286 g/mol. The summed E-state index contributed by atoms with van der Waals surface area (Å²) in [4.78, 5) is 3.88. The number of thiophene rings is 1. The van der Waals surface area contributed by atoms with Gasteiger partial charge in [0.25, 0.3) is 0 Å². The highest BCUT2D eigenvalue weighted by atomic mass is 32.1. The topological polar surface area (TPSA) is 15.3 Å². The summed E-state index contributed by atoms with van der Waals surface area (Å²) in [6.45, 7) is 5.67. The zero-order valence-corrected chi connectivity index (χ0v) is 12.8. The first kappa shape index (κ1) is 13.5. The minimum absolute atomic E-state index is 0.887. The second-order valence-corrected chi connectivity index (χ2v) is 6.68. The molecule has 1 aliphatic rings. The van der Waals surface area contributed by atoms with Gasteiger partial charge in [-0.3, -0.25) is 0 Å². The number of anilines is 2. The number of hydrogen-bond donors (Lipinski definition) is 1. The molecule has 1 aromatic heterocycles. The maximum atomic E-state index is 3.48. The van der Waals surface area contributed by atoms with Crippen LogP contribution in [0.25, 0.3) is 0 Å². The number of rotatable bonds is 4. The molecule has 2 aromatic rings. The molecule has 0 spiro atoms. The van der Waals surface area contributed by atoms with Crippen LogP contribution in [0.3, 0.4) is 0 Å². The van der Waals surface area contributed by atoms with E-state index in [1.165, 1.54) is 42.2 Å². The van der Waals surface area contributed by atoms with Gasteiger partial charge in [-0.05, 0) is 54.5 Å². The molecule has 1 aliphatic heterocycles. The third-order valence-electron chi connectivity index (χ3n) is 4.06. The van der Waals surface area contributed by atoms with E-state index in [4.69, 9.17) is 0 Å². The monoisotopic (exact) mass is 286 g/mol. The van der Waals surface area contributed by atoms with E-state index >= 15 is 0 Å². The van der Waals surface area contributed by atoms with Crippen LogP contribution in [0.4, 0.5) is 11.4 Å². The molecule has 0 saturated carbocycles. The number of nitrogens with one attached hydrogen (secondary N) is 1. The Morgan fingerprint density at radius 2 is 1.90 bits per heavy atom. The van der Waals surface area contributed by atoms with Crippen LogP contribution in [0, 0.1) is 5.92 Å². The molecule has 106 valence electrons. The van der Waals surface area contributed by atoms with Gasteiger partial charge in [0.1, 0.15) is 0 Å². The van der Waals surface area contributed by atoms with Crippen molar-refractivity contribution in [1.82, 2.24) is 0 Å². The molecule has 2 nitrogen and oxygen atoms in total. The van der Waals surface area contributed by atoms with Crippen molar-refractivity contribution in [3.05, 3.63) is 46.7 Å². The van der Waals surface area contributed by atoms with E-state index in [1.807, 2.05) is 0 Å². The molecule has 0 aliphatic carbocycles. The van der Waals surface area contributed by atoms with Crippen molar-refractivity contribution >= 4 is 22.7 Å². The Morgan fingerprint density at radius 1 is 1.15 bits per heavy atom. The summed E-state index contributed by atoms with van der Waals surface area (Å²) in [5, 5.41) is 5.60. The normalized spacial score (nSPS) is 16.4. The highest BCUT2D eigenvalue weighted by molar-refractivity contribution is 7.09. The first-order valence-electron chi connectivity index (χ1n) is 7.42. The Kier molecular flexibility index (Phi) is 4.26. The summed E-state index contributed by atoms with van der Waals surface area (Å²) in [6, 6.07) is 13.1. The lowest BCUT2D eigenvalue weighted by Crippen LogP contribution is -2.32. The van der Waals surface area contributed by atoms with Gasteiger partial charge in [-0.1, -0.05) is 13.0 Å². The van der Waals surface area contributed by atoms with Crippen molar-refractivity contribution in [2.45, 2.75) is 26.3 Å². The van der Waals surface area contributed by atoms with Crippen molar-refractivity contribution in [2.24, 2.45) is 5.92 Å². The maximum Gasteiger partial charge on any atom is 0.0494 e. The third-order valence-corrected chi connectivity index (χ3v) is 4.94. The van der Waals surface area contributed by atoms with Gasteiger partial charge < -0.3 is 10.2 Å². The summed E-state index contributed by atoms with van der Waals surface area (Å²) in [6.07, 6.45) is 2.64. The van der Waals surface area contributed by atoms with E-state index in [2.05, 4.69) is 58.9 Å². The second-order valence-electron chi connectivity index (χ2n) is 5.65. The van der Waals surface area contributed by atoms with Gasteiger partial charge >= 0.3 is 0 Å². The van der Waals surface area contributed by atoms with E-state index in [9.17, 15) is 0 Å². The molecule has 1 aromatic carbocycles. The summed E-state index contributed by atoms with van der Waals surface area (Å²) in [5.74, 6) is 0.887. The minimum Gasteiger partial charge on any atom is -0.380 e. The zero-order chi connectivity index (χ0) is 13.8. The van der Waals surface area contributed by atoms with Crippen molar-refractivity contribution in [1.29, 1.82) is 0 Å². The largest absolute Gasteiger partial charge is 0.380 e. The van der Waals surface area contributed by atoms with Crippen molar-refractivity contribution < 1.29 is 0 Å². The average Bonchev–Trinajstić information content (AvgIpc) is 3.00. The molecule has 20 heavy (non-hydrogen) atoms. The maximum absolute atomic E-state index is 3.48. The van der Waals surface area contributed by atoms with Gasteiger partial charge in [0, 0.05) is 35.9 Å². The van der Waals surface area contributed by atoms with Crippen LogP contribution in [0.2, 0.25) is 0 Å². The highest BCUT2D eigenvalue weighted by Crippen LogP contribution is 2.24. The smallest absolute Gasteiger partial charge is 0.0494 e. The Labute approximate surface area is 125 Å². The van der Waals surface area contributed by atoms with Crippen molar-refractivity contribution in [2.75, 3.05) is 23.3 Å². The molecule has 1 N–H and O–H groups in total. The molecule has 0 amide bonds. The lowest BCUT2D eigenvalue weighted by Gasteiger charge is -2.32. The van der Waals surface area contributed by atoms with Crippen LogP contribution >= 0.6 is 11.3 Å². The van der Waals surface area contributed by atoms with E-state index < -0.39 is 0 Å². The number of piperidine rings is 1. The van der Waals surface area contributed by atoms with E-state index in [1.54, 1.807) is 11.3 Å². The lowest BCUT2D eigenvalue weighted by atomic mass is 9.99. The van der Waals surface area contributed by atoms with Crippen molar-refractivity contribution in [3.63, 3.8) is 0 Å². The molecule has 2 heterocycles. The SMILES string of the molecule is CC1CCN(c2ccc(NCc3cccs3)cc2)CC1. The van der Waals surface area contributed by atoms with E-state index in [0.717, 1.165) is 12.5 Å². The number of nitrogens with zero attached hydrogens (tertiary/aromatic N) is 1. The molecule has 3 rings (SSSR count). The minimum atomic E-state index is 0.887. The highest BCUT2D eigenvalue weighted by Gasteiger charge is 2.15. The molecular formula is C17H22N2S. The Bertz CT molecular complexity index is 510. The van der Waals surface area contributed by atoms with Crippen LogP contribution < -0.4 is 10.2 Å². The van der Waals surface area contributed by atoms with Crippen LogP contribution in [0.15, 0.2) is 41.8 Å². The zero-order valence-electron chi connectivity index (χ0n) is 12.0. The molecule has 0 radical (unpaired) electrons. The first-order chi connectivity index (χ1) is 9.81. The van der Waals surface area contributed by atoms with Crippen molar-refractivity contribution in [3.8, 4) is 0 Å². The first-order valence-corrected chi connectivity index (χ1v) is 8.30. The predicted octanol–water partition coefficient (Wildman–Crippen LogP) is 4.60. The van der Waals surface area contributed by atoms with Gasteiger partial charge in [0.05, 0.1) is 0 Å². The van der Waals surface area contributed by atoms with E-state index in [0.29, 0.717) is 0 Å². The van der Waals surface area contributed by atoms with Gasteiger partial charge in [-0.15, -0.1) is 11.3 Å². The summed E-state index contributed by atoms with van der Waals surface area (Å²) >= 11 is 1.80. The van der Waals surface area contributed by atoms with Crippen LogP contribution in [0.5, 0.6) is 0 Å². The Morgan fingerprint density at radius 3 is 2.55 bits per heavy atom. The summed E-state index contributed by atoms with van der Waals surface area (Å²) in [7, 11) is 0. The molecule has 1 saturated heterocycles. The van der Waals surface area contributed by atoms with E-state index in [-0.39, 0.29) is 0 Å². The standard InChI is InChI=1S/C17H22N2S/c1-14-8-10-19(11-9-14)16-6-4-15(5-7-16)18-13-17-3-2-12-20-17/h2-7,12,14,18H,8-11,13H2,1H3. The third kappa shape index (κ3) is 3.34. The molecule has 0 unspecified atom stereocenters. The molecule has 0 bridgehead atoms. The quantitative estimate of drug-likeness (QED) is 0.884. The fourth-order valence-corrected chi connectivity index (χ4v) is 3.30. The second kappa shape index (κ2) is 6.31. The molecule has 1 fully saturated rings. The molecule has 3 heteroatoms. The summed E-state index contributed by atoms with van der Waals surface area (Å²) in [5.41, 5.74) is 2.56. The summed E-state index contributed by atoms with van der Waals surface area (Å²) < 4.78 is 0. The Hall–Kier alpha value is -1.48. The predicted molar refractivity (Wildman–Crippen MR) is 88.7 cm³/mol. The number of benzene rings is 1. The van der Waals surface area contributed by atoms with Crippen LogP contribution in [0.1, 0.15) is 24.6 Å². The molecular weight excluding hydrogens is 264 g/mol. The van der Waals surface area contributed by atoms with Gasteiger partial charge in [0.15, 0.2) is 0 Å². The number of hydrogen-bond acceptors (Lipinski definition) is 3. The molecule has 0 atom stereocenters. The van der Waals surface area contributed by atoms with Gasteiger partial charge in [-0.25, -0.2) is 0 Å². The fourth-order valence-electron chi connectivity index (χ4n) is 2.66.